The fourth-order valence-electron chi connectivity index (χ4n) is 1.98. The predicted molar refractivity (Wildman–Crippen MR) is 82.9 cm³/mol. The van der Waals surface area contributed by atoms with E-state index < -0.39 is 0 Å². The molecule has 0 saturated carbocycles. The van der Waals surface area contributed by atoms with E-state index in [4.69, 9.17) is 0 Å². The molecule has 102 valence electrons. The topological polar surface area (TPSA) is 24.9 Å². The molecule has 0 atom stereocenters. The number of halogens is 1. The van der Waals surface area contributed by atoms with Gasteiger partial charge in [-0.2, -0.15) is 0 Å². The first-order chi connectivity index (χ1) is 9.74. The fraction of sp³-hybridized carbons (Fsp3) is 0.133. The van der Waals surface area contributed by atoms with Gasteiger partial charge in [-0.1, -0.05) is 23.9 Å². The van der Waals surface area contributed by atoms with Crippen molar-refractivity contribution >= 4 is 33.3 Å². The van der Waals surface area contributed by atoms with Crippen molar-refractivity contribution in [3.8, 4) is 0 Å². The number of rotatable bonds is 4. The van der Waals surface area contributed by atoms with E-state index in [0.29, 0.717) is 6.54 Å². The van der Waals surface area contributed by atoms with Crippen LogP contribution in [0.3, 0.4) is 0 Å². The molecule has 0 aliphatic heterocycles. The number of hydrogen-bond acceptors (Lipinski definition) is 4. The summed E-state index contributed by atoms with van der Waals surface area (Å²) >= 11 is 3.14. The number of hydrogen-bond donors (Lipinski definition) is 1. The predicted octanol–water partition coefficient (Wildman–Crippen LogP) is 4.31. The van der Waals surface area contributed by atoms with E-state index in [1.165, 1.54) is 11.8 Å². The minimum absolute atomic E-state index is 0.207. The molecule has 20 heavy (non-hydrogen) atoms. The average molecular weight is 304 g/mol. The van der Waals surface area contributed by atoms with Crippen LogP contribution < -0.4 is 5.32 Å². The highest BCUT2D eigenvalue weighted by Gasteiger charge is 2.07. The molecule has 0 bridgehead atoms. The number of para-hydroxylation sites is 1. The van der Waals surface area contributed by atoms with Gasteiger partial charge in [0.15, 0.2) is 4.34 Å². The molecule has 0 aliphatic carbocycles. The average Bonchev–Trinajstić information content (AvgIpc) is 2.80. The van der Waals surface area contributed by atoms with Gasteiger partial charge in [0.05, 0.1) is 10.2 Å². The number of thiazole rings is 1. The Kier molecular flexibility index (Phi) is 4.00. The van der Waals surface area contributed by atoms with Crippen LogP contribution in [-0.4, -0.2) is 12.0 Å². The second kappa shape index (κ2) is 5.91. The van der Waals surface area contributed by atoms with Gasteiger partial charge < -0.3 is 5.32 Å². The van der Waals surface area contributed by atoms with Crippen molar-refractivity contribution in [1.82, 2.24) is 10.3 Å². The maximum absolute atomic E-state index is 13.6. The Morgan fingerprint density at radius 3 is 2.90 bits per heavy atom. The minimum Gasteiger partial charge on any atom is -0.316 e. The molecule has 0 fully saturated rings. The zero-order chi connectivity index (χ0) is 13.9. The van der Waals surface area contributed by atoms with Crippen LogP contribution in [0.4, 0.5) is 4.39 Å². The molecular formula is C15H13FN2S2. The van der Waals surface area contributed by atoms with E-state index in [-0.39, 0.29) is 5.82 Å². The monoisotopic (exact) mass is 304 g/mol. The molecule has 3 aromatic rings. The number of fused-ring (bicyclic) bond motifs is 1. The summed E-state index contributed by atoms with van der Waals surface area (Å²) in [6.45, 7) is 0.658. The second-order valence-electron chi connectivity index (χ2n) is 4.38. The van der Waals surface area contributed by atoms with Gasteiger partial charge in [-0.3, -0.25) is 0 Å². The van der Waals surface area contributed by atoms with Crippen LogP contribution in [0.2, 0.25) is 0 Å². The van der Waals surface area contributed by atoms with Gasteiger partial charge in [0, 0.05) is 11.4 Å². The van der Waals surface area contributed by atoms with Gasteiger partial charge in [0.1, 0.15) is 5.82 Å². The molecule has 0 aliphatic rings. The summed E-state index contributed by atoms with van der Waals surface area (Å²) in [5, 5.41) is 3.03. The SMILES string of the molecule is CNCc1cc(F)cc(Sc2nc3ccccc3s2)c1. The normalized spacial score (nSPS) is 11.1. The van der Waals surface area contributed by atoms with Crippen LogP contribution in [0.1, 0.15) is 5.56 Å². The van der Waals surface area contributed by atoms with Gasteiger partial charge in [-0.05, 0) is 42.9 Å². The molecule has 1 N–H and O–H groups in total. The van der Waals surface area contributed by atoms with Crippen LogP contribution >= 0.6 is 23.1 Å². The Morgan fingerprint density at radius 2 is 2.10 bits per heavy atom. The molecule has 5 heteroatoms. The maximum Gasteiger partial charge on any atom is 0.155 e. The van der Waals surface area contributed by atoms with Crippen molar-refractivity contribution in [2.45, 2.75) is 15.8 Å². The van der Waals surface area contributed by atoms with Crippen LogP contribution in [-0.2, 0) is 6.54 Å². The third-order valence-corrected chi connectivity index (χ3v) is 4.86. The molecule has 3 rings (SSSR count). The molecule has 0 radical (unpaired) electrons. The zero-order valence-electron chi connectivity index (χ0n) is 10.9. The van der Waals surface area contributed by atoms with Crippen LogP contribution in [0.5, 0.6) is 0 Å². The van der Waals surface area contributed by atoms with Crippen molar-refractivity contribution in [2.75, 3.05) is 7.05 Å². The number of benzene rings is 2. The summed E-state index contributed by atoms with van der Waals surface area (Å²) in [7, 11) is 1.85. The Bertz CT molecular complexity index is 707. The Balaban J connectivity index is 1.90. The van der Waals surface area contributed by atoms with E-state index in [2.05, 4.69) is 16.4 Å². The first-order valence-corrected chi connectivity index (χ1v) is 7.85. The van der Waals surface area contributed by atoms with Gasteiger partial charge >= 0.3 is 0 Å². The molecule has 0 spiro atoms. The summed E-state index contributed by atoms with van der Waals surface area (Å²) in [6, 6.07) is 13.1. The molecule has 2 nitrogen and oxygen atoms in total. The van der Waals surface area contributed by atoms with E-state index in [1.54, 1.807) is 23.5 Å². The van der Waals surface area contributed by atoms with E-state index in [9.17, 15) is 4.39 Å². The summed E-state index contributed by atoms with van der Waals surface area (Å²) in [5.41, 5.74) is 1.93. The molecule has 1 aromatic heterocycles. The highest BCUT2D eigenvalue weighted by molar-refractivity contribution is 8.01. The third-order valence-electron chi connectivity index (χ3n) is 2.79. The van der Waals surface area contributed by atoms with Crippen LogP contribution in [0.15, 0.2) is 51.7 Å². The smallest absolute Gasteiger partial charge is 0.155 e. The Morgan fingerprint density at radius 1 is 1.25 bits per heavy atom. The van der Waals surface area contributed by atoms with Gasteiger partial charge in [-0.25, -0.2) is 9.37 Å². The molecular weight excluding hydrogens is 291 g/mol. The molecule has 0 amide bonds. The quantitative estimate of drug-likeness (QED) is 0.777. The summed E-state index contributed by atoms with van der Waals surface area (Å²) in [6.07, 6.45) is 0. The number of aromatic nitrogens is 1. The maximum atomic E-state index is 13.6. The van der Waals surface area contributed by atoms with Crippen LogP contribution in [0, 0.1) is 5.82 Å². The lowest BCUT2D eigenvalue weighted by Crippen LogP contribution is -2.05. The first kappa shape index (κ1) is 13.5. The van der Waals surface area contributed by atoms with Gasteiger partial charge in [-0.15, -0.1) is 11.3 Å². The molecule has 1 heterocycles. The summed E-state index contributed by atoms with van der Waals surface area (Å²) in [4.78, 5) is 5.44. The lowest BCUT2D eigenvalue weighted by atomic mass is 10.2. The lowest BCUT2D eigenvalue weighted by Gasteiger charge is -2.04. The molecule has 0 saturated heterocycles. The van der Waals surface area contributed by atoms with Crippen molar-refractivity contribution < 1.29 is 4.39 Å². The largest absolute Gasteiger partial charge is 0.316 e. The Hall–Kier alpha value is -1.43. The highest BCUT2D eigenvalue weighted by Crippen LogP contribution is 2.34. The van der Waals surface area contributed by atoms with E-state index in [1.807, 2.05) is 31.3 Å². The summed E-state index contributed by atoms with van der Waals surface area (Å²) in [5.74, 6) is -0.207. The second-order valence-corrected chi connectivity index (χ2v) is 6.73. The van der Waals surface area contributed by atoms with Crippen molar-refractivity contribution in [2.24, 2.45) is 0 Å². The molecule has 0 unspecified atom stereocenters. The standard InChI is InChI=1S/C15H13FN2S2/c1-17-9-10-6-11(16)8-12(7-10)19-15-18-13-4-2-3-5-14(13)20-15/h2-8,17H,9H2,1H3. The minimum atomic E-state index is -0.207. The van der Waals surface area contributed by atoms with Gasteiger partial charge in [0.2, 0.25) is 0 Å². The first-order valence-electron chi connectivity index (χ1n) is 6.22. The van der Waals surface area contributed by atoms with Crippen molar-refractivity contribution in [3.05, 3.63) is 53.8 Å². The van der Waals surface area contributed by atoms with E-state index >= 15 is 0 Å². The number of nitrogens with one attached hydrogen (secondary N) is 1. The third kappa shape index (κ3) is 3.00. The summed E-state index contributed by atoms with van der Waals surface area (Å²) < 4.78 is 15.7. The van der Waals surface area contributed by atoms with E-state index in [0.717, 1.165) is 25.0 Å². The highest BCUT2D eigenvalue weighted by atomic mass is 32.2. The zero-order valence-corrected chi connectivity index (χ0v) is 12.5. The van der Waals surface area contributed by atoms with Crippen molar-refractivity contribution in [3.63, 3.8) is 0 Å². The van der Waals surface area contributed by atoms with Gasteiger partial charge in [0.25, 0.3) is 0 Å². The van der Waals surface area contributed by atoms with Crippen LogP contribution in [0.25, 0.3) is 10.2 Å². The lowest BCUT2D eigenvalue weighted by molar-refractivity contribution is 0.619. The fourth-order valence-corrected chi connectivity index (χ4v) is 4.13. The molecule has 2 aromatic carbocycles. The number of nitrogens with zero attached hydrogens (tertiary/aromatic N) is 1. The Labute approximate surface area is 125 Å². The van der Waals surface area contributed by atoms with Crippen molar-refractivity contribution in [1.29, 1.82) is 0 Å².